The van der Waals surface area contributed by atoms with Crippen molar-refractivity contribution in [3.05, 3.63) is 17.0 Å². The third kappa shape index (κ3) is 3.79. The topological polar surface area (TPSA) is 64.8 Å². The number of H-pyrrole nitrogens is 1. The molecule has 0 bridgehead atoms. The number of aromatic nitrogens is 2. The second-order valence-corrected chi connectivity index (χ2v) is 4.00. The van der Waals surface area contributed by atoms with Crippen molar-refractivity contribution < 1.29 is 0 Å². The quantitative estimate of drug-likeness (QED) is 0.438. The summed E-state index contributed by atoms with van der Waals surface area (Å²) in [6.07, 6.45) is 0. The van der Waals surface area contributed by atoms with Gasteiger partial charge in [0.25, 0.3) is 0 Å². The Labute approximate surface area is 101 Å². The van der Waals surface area contributed by atoms with Gasteiger partial charge in [-0.3, -0.25) is 5.10 Å². The average Bonchev–Trinajstić information content (AvgIpc) is 2.59. The summed E-state index contributed by atoms with van der Waals surface area (Å²) >= 11 is 4.96. The zero-order valence-electron chi connectivity index (χ0n) is 9.98. The molecule has 0 saturated heterocycles. The summed E-state index contributed by atoms with van der Waals surface area (Å²) in [7, 11) is 1.81. The van der Waals surface area contributed by atoms with Gasteiger partial charge < -0.3 is 16.0 Å². The molecular formula is C10H19N5S. The van der Waals surface area contributed by atoms with Gasteiger partial charge >= 0.3 is 0 Å². The molecule has 90 valence electrons. The molecule has 0 fully saturated rings. The smallest absolute Gasteiger partial charge is 0.166 e. The number of thiocarbonyl (C=S) groups is 1. The van der Waals surface area contributed by atoms with Crippen molar-refractivity contribution in [1.29, 1.82) is 0 Å². The van der Waals surface area contributed by atoms with E-state index in [1.807, 2.05) is 13.8 Å². The molecule has 0 unspecified atom stereocenters. The van der Waals surface area contributed by atoms with Crippen LogP contribution < -0.4 is 16.0 Å². The molecule has 16 heavy (non-hydrogen) atoms. The minimum atomic E-state index is 0.678. The van der Waals surface area contributed by atoms with Crippen molar-refractivity contribution in [2.75, 3.05) is 20.1 Å². The maximum atomic E-state index is 4.96. The zero-order chi connectivity index (χ0) is 12.0. The van der Waals surface area contributed by atoms with Gasteiger partial charge in [-0.15, -0.1) is 0 Å². The molecule has 4 N–H and O–H groups in total. The maximum Gasteiger partial charge on any atom is 0.166 e. The summed E-state index contributed by atoms with van der Waals surface area (Å²) in [6, 6.07) is 0. The second-order valence-electron chi connectivity index (χ2n) is 3.60. The molecule has 0 atom stereocenters. The van der Waals surface area contributed by atoms with Crippen LogP contribution >= 0.6 is 12.2 Å². The number of hydrogen-bond acceptors (Lipinski definition) is 3. The first-order chi connectivity index (χ1) is 7.65. The van der Waals surface area contributed by atoms with Gasteiger partial charge in [0.15, 0.2) is 5.11 Å². The molecule has 5 nitrogen and oxygen atoms in total. The summed E-state index contributed by atoms with van der Waals surface area (Å²) in [5.41, 5.74) is 3.43. The van der Waals surface area contributed by atoms with E-state index in [4.69, 9.17) is 12.2 Å². The number of nitrogens with one attached hydrogen (secondary N) is 4. The van der Waals surface area contributed by atoms with Crippen molar-refractivity contribution in [2.24, 2.45) is 0 Å². The van der Waals surface area contributed by atoms with Crippen LogP contribution in [0.3, 0.4) is 0 Å². The number of nitrogens with zero attached hydrogens (tertiary/aromatic N) is 1. The molecule has 0 aliphatic heterocycles. The number of aryl methyl sites for hydroxylation is 2. The van der Waals surface area contributed by atoms with Crippen LogP contribution in [0.1, 0.15) is 17.0 Å². The Hall–Kier alpha value is -1.14. The van der Waals surface area contributed by atoms with E-state index in [0.717, 1.165) is 31.0 Å². The first-order valence-electron chi connectivity index (χ1n) is 5.32. The van der Waals surface area contributed by atoms with E-state index in [2.05, 4.69) is 26.1 Å². The molecule has 0 spiro atoms. The average molecular weight is 241 g/mol. The summed E-state index contributed by atoms with van der Waals surface area (Å²) in [6.45, 7) is 6.56. The van der Waals surface area contributed by atoms with E-state index in [0.29, 0.717) is 5.11 Å². The van der Waals surface area contributed by atoms with Crippen LogP contribution in [0.2, 0.25) is 0 Å². The highest BCUT2D eigenvalue weighted by atomic mass is 32.1. The number of aromatic amines is 1. The maximum absolute atomic E-state index is 4.96. The van der Waals surface area contributed by atoms with Crippen molar-refractivity contribution in [3.8, 4) is 0 Å². The molecule has 1 aromatic rings. The van der Waals surface area contributed by atoms with Crippen LogP contribution in [0, 0.1) is 13.8 Å². The first-order valence-corrected chi connectivity index (χ1v) is 5.72. The summed E-state index contributed by atoms with van der Waals surface area (Å²) in [4.78, 5) is 0. The molecule has 0 aliphatic carbocycles. The lowest BCUT2D eigenvalue weighted by atomic mass is 10.2. The largest absolute Gasteiger partial charge is 0.366 e. The molecule has 1 aromatic heterocycles. The third-order valence-electron chi connectivity index (χ3n) is 2.40. The molecule has 6 heteroatoms. The van der Waals surface area contributed by atoms with Crippen LogP contribution in [-0.2, 0) is 6.54 Å². The van der Waals surface area contributed by atoms with E-state index >= 15 is 0 Å². The van der Waals surface area contributed by atoms with Gasteiger partial charge in [-0.05, 0) is 26.1 Å². The van der Waals surface area contributed by atoms with Crippen LogP contribution in [0.4, 0.5) is 0 Å². The van der Waals surface area contributed by atoms with Crippen LogP contribution in [-0.4, -0.2) is 35.4 Å². The zero-order valence-corrected chi connectivity index (χ0v) is 10.8. The van der Waals surface area contributed by atoms with Gasteiger partial charge in [-0.1, -0.05) is 0 Å². The first kappa shape index (κ1) is 12.9. The van der Waals surface area contributed by atoms with E-state index in [1.165, 1.54) is 5.56 Å². The molecule has 0 aromatic carbocycles. The standard InChI is InChI=1S/C10H19N5S/c1-7-9(8(2)15-14-7)6-12-4-5-13-10(16)11-3/h12H,4-6H2,1-3H3,(H,14,15)(H2,11,13,16). The van der Waals surface area contributed by atoms with Crippen molar-refractivity contribution in [2.45, 2.75) is 20.4 Å². The normalized spacial score (nSPS) is 10.2. The van der Waals surface area contributed by atoms with Gasteiger partial charge in [0.2, 0.25) is 0 Å². The summed E-state index contributed by atoms with van der Waals surface area (Å²) in [5, 5.41) is 17.1. The van der Waals surface area contributed by atoms with Gasteiger partial charge in [0.05, 0.1) is 5.69 Å². The Kier molecular flexibility index (Phi) is 5.21. The van der Waals surface area contributed by atoms with E-state index in [9.17, 15) is 0 Å². The molecule has 0 saturated carbocycles. The lowest BCUT2D eigenvalue weighted by Crippen LogP contribution is -2.37. The highest BCUT2D eigenvalue weighted by Gasteiger charge is 2.04. The monoisotopic (exact) mass is 241 g/mol. The van der Waals surface area contributed by atoms with Crippen molar-refractivity contribution >= 4 is 17.3 Å². The molecule has 1 rings (SSSR count). The Bertz CT molecular complexity index is 327. The minimum absolute atomic E-state index is 0.678. The molecular weight excluding hydrogens is 222 g/mol. The molecule has 0 radical (unpaired) electrons. The third-order valence-corrected chi connectivity index (χ3v) is 2.75. The number of hydrogen-bond donors (Lipinski definition) is 4. The molecule has 0 aliphatic rings. The van der Waals surface area contributed by atoms with Gasteiger partial charge in [-0.2, -0.15) is 5.10 Å². The Balaban J connectivity index is 2.19. The highest BCUT2D eigenvalue weighted by molar-refractivity contribution is 7.80. The number of rotatable bonds is 5. The Morgan fingerprint density at radius 1 is 1.38 bits per heavy atom. The van der Waals surface area contributed by atoms with Gasteiger partial charge in [0.1, 0.15) is 0 Å². The van der Waals surface area contributed by atoms with Crippen molar-refractivity contribution in [1.82, 2.24) is 26.1 Å². The van der Waals surface area contributed by atoms with Crippen LogP contribution in [0.15, 0.2) is 0 Å². The molecule has 1 heterocycles. The lowest BCUT2D eigenvalue weighted by molar-refractivity contribution is 0.666. The SMILES string of the molecule is CNC(=S)NCCNCc1c(C)n[nH]c1C. The lowest BCUT2D eigenvalue weighted by Gasteiger charge is -2.08. The predicted octanol–water partition coefficient (Wildman–Crippen LogP) is 0.210. The minimum Gasteiger partial charge on any atom is -0.366 e. The van der Waals surface area contributed by atoms with Gasteiger partial charge in [0, 0.05) is 37.9 Å². The van der Waals surface area contributed by atoms with E-state index in [-0.39, 0.29) is 0 Å². The summed E-state index contributed by atoms with van der Waals surface area (Å²) < 4.78 is 0. The van der Waals surface area contributed by atoms with E-state index in [1.54, 1.807) is 7.05 Å². The van der Waals surface area contributed by atoms with Crippen molar-refractivity contribution in [3.63, 3.8) is 0 Å². The van der Waals surface area contributed by atoms with Crippen LogP contribution in [0.5, 0.6) is 0 Å². The predicted molar refractivity (Wildman–Crippen MR) is 69.4 cm³/mol. The van der Waals surface area contributed by atoms with Crippen LogP contribution in [0.25, 0.3) is 0 Å². The second kappa shape index (κ2) is 6.44. The summed E-state index contributed by atoms with van der Waals surface area (Å²) in [5.74, 6) is 0. The fourth-order valence-corrected chi connectivity index (χ4v) is 1.50. The fraction of sp³-hybridized carbons (Fsp3) is 0.600. The Morgan fingerprint density at radius 2 is 2.12 bits per heavy atom. The van der Waals surface area contributed by atoms with Gasteiger partial charge in [-0.25, -0.2) is 0 Å². The fourth-order valence-electron chi connectivity index (χ4n) is 1.40. The van der Waals surface area contributed by atoms with E-state index < -0.39 is 0 Å². The highest BCUT2D eigenvalue weighted by Crippen LogP contribution is 2.07. The molecule has 0 amide bonds. The Morgan fingerprint density at radius 3 is 2.69 bits per heavy atom.